The van der Waals surface area contributed by atoms with Crippen LogP contribution < -0.4 is 10.6 Å². The zero-order valence-corrected chi connectivity index (χ0v) is 19.2. The Bertz CT molecular complexity index is 1070. The number of hydrogen-bond donors (Lipinski definition) is 2. The molecule has 0 spiro atoms. The van der Waals surface area contributed by atoms with Crippen LogP contribution >= 0.6 is 11.3 Å². The van der Waals surface area contributed by atoms with Crippen LogP contribution in [0.25, 0.3) is 5.00 Å². The number of carbonyl (C=O) groups is 2. The number of likely N-dealkylation sites (N-methyl/N-ethyl adjacent to an activating group) is 1. The zero-order valence-electron chi connectivity index (χ0n) is 18.4. The first-order valence-corrected chi connectivity index (χ1v) is 11.6. The van der Waals surface area contributed by atoms with Crippen molar-refractivity contribution in [2.45, 2.75) is 32.9 Å². The number of carbonyl (C=O) groups excluding carboxylic acids is 2. The number of nitrogens with one attached hydrogen (secondary N) is 2. The molecule has 0 unspecified atom stereocenters. The highest BCUT2D eigenvalue weighted by molar-refractivity contribution is 7.14. The lowest BCUT2D eigenvalue weighted by Gasteiger charge is -2.22. The third-order valence-corrected chi connectivity index (χ3v) is 6.74. The smallest absolute Gasteiger partial charge is 0.319 e. The average Bonchev–Trinajstić information content (AvgIpc) is 3.41. The quantitative estimate of drug-likeness (QED) is 0.532. The number of nitrogens with zero attached hydrogens (tertiary/aromatic N) is 2. The zero-order chi connectivity index (χ0) is 22.5. The number of thiophene rings is 1. The van der Waals surface area contributed by atoms with Crippen LogP contribution in [-0.4, -0.2) is 41.7 Å². The van der Waals surface area contributed by atoms with Crippen molar-refractivity contribution in [2.75, 3.05) is 25.5 Å². The van der Waals surface area contributed by atoms with Crippen molar-refractivity contribution >= 4 is 29.0 Å². The first kappa shape index (κ1) is 22.1. The number of ether oxygens (including phenoxy) is 1. The molecule has 3 aromatic rings. The van der Waals surface area contributed by atoms with E-state index in [0.29, 0.717) is 18.8 Å². The molecule has 2 N–H and O–H groups in total. The minimum absolute atomic E-state index is 0.223. The maximum Gasteiger partial charge on any atom is 0.319 e. The van der Waals surface area contributed by atoms with Crippen LogP contribution in [-0.2, 0) is 35.5 Å². The fourth-order valence-corrected chi connectivity index (χ4v) is 5.28. The molecule has 0 saturated heterocycles. The van der Waals surface area contributed by atoms with E-state index in [0.717, 1.165) is 25.1 Å². The molecule has 2 amide bonds. The minimum atomic E-state index is -0.255. The largest absolute Gasteiger partial charge is 0.466 e. The number of rotatable bonds is 7. The third kappa shape index (κ3) is 5.20. The van der Waals surface area contributed by atoms with Gasteiger partial charge in [-0.3, -0.25) is 4.79 Å². The summed E-state index contributed by atoms with van der Waals surface area (Å²) >= 11 is 1.80. The summed E-state index contributed by atoms with van der Waals surface area (Å²) in [5.74, 6) is -0.255. The van der Waals surface area contributed by atoms with Crippen LogP contribution in [0.4, 0.5) is 10.5 Å². The van der Waals surface area contributed by atoms with Gasteiger partial charge in [-0.05, 0) is 55.8 Å². The number of benzene rings is 1. The van der Waals surface area contributed by atoms with Crippen LogP contribution in [0.5, 0.6) is 0 Å². The van der Waals surface area contributed by atoms with Crippen molar-refractivity contribution < 1.29 is 14.3 Å². The topological polar surface area (TPSA) is 75.6 Å². The Balaban J connectivity index is 1.40. The average molecular weight is 453 g/mol. The molecule has 0 aliphatic carbocycles. The predicted molar refractivity (Wildman–Crippen MR) is 126 cm³/mol. The normalized spacial score (nSPS) is 13.4. The van der Waals surface area contributed by atoms with E-state index in [2.05, 4.69) is 27.1 Å². The van der Waals surface area contributed by atoms with Gasteiger partial charge >= 0.3 is 12.0 Å². The molecule has 0 fully saturated rings. The molecule has 32 heavy (non-hydrogen) atoms. The maximum absolute atomic E-state index is 12.6. The summed E-state index contributed by atoms with van der Waals surface area (Å²) in [4.78, 5) is 27.9. The second-order valence-electron chi connectivity index (χ2n) is 7.85. The predicted octanol–water partition coefficient (Wildman–Crippen LogP) is 3.95. The van der Waals surface area contributed by atoms with Crippen molar-refractivity contribution in [2.24, 2.45) is 0 Å². The van der Waals surface area contributed by atoms with Gasteiger partial charge in [-0.25, -0.2) is 4.79 Å². The van der Waals surface area contributed by atoms with Crippen molar-refractivity contribution in [1.82, 2.24) is 14.8 Å². The van der Waals surface area contributed by atoms with Crippen LogP contribution in [0.2, 0.25) is 0 Å². The molecule has 0 bridgehead atoms. The molecular weight excluding hydrogens is 424 g/mol. The van der Waals surface area contributed by atoms with Crippen molar-refractivity contribution in [3.8, 4) is 5.00 Å². The van der Waals surface area contributed by atoms with Gasteiger partial charge in [-0.2, -0.15) is 0 Å². The summed E-state index contributed by atoms with van der Waals surface area (Å²) in [7, 11) is 2.14. The second-order valence-corrected chi connectivity index (χ2v) is 8.94. The first-order chi connectivity index (χ1) is 15.5. The van der Waals surface area contributed by atoms with E-state index in [1.54, 1.807) is 30.4 Å². The summed E-state index contributed by atoms with van der Waals surface area (Å²) in [5, 5.41) is 7.06. The lowest BCUT2D eigenvalue weighted by molar-refractivity contribution is -0.142. The number of esters is 1. The van der Waals surface area contributed by atoms with Gasteiger partial charge in [0.25, 0.3) is 0 Å². The number of aromatic nitrogens is 1. The van der Waals surface area contributed by atoms with Crippen molar-refractivity contribution in [1.29, 1.82) is 0 Å². The molecule has 4 rings (SSSR count). The van der Waals surface area contributed by atoms with E-state index >= 15 is 0 Å². The Labute approximate surface area is 192 Å². The number of urea groups is 1. The summed E-state index contributed by atoms with van der Waals surface area (Å²) in [6, 6.07) is 11.0. The lowest BCUT2D eigenvalue weighted by atomic mass is 10.0. The molecule has 1 aromatic carbocycles. The van der Waals surface area contributed by atoms with Gasteiger partial charge in [0.15, 0.2) is 0 Å². The van der Waals surface area contributed by atoms with Crippen LogP contribution in [0.3, 0.4) is 0 Å². The van der Waals surface area contributed by atoms with Crippen LogP contribution in [0, 0.1) is 0 Å². The van der Waals surface area contributed by atoms with Gasteiger partial charge in [-0.15, -0.1) is 11.3 Å². The molecule has 2 aromatic heterocycles. The Kier molecular flexibility index (Phi) is 6.92. The highest BCUT2D eigenvalue weighted by Crippen LogP contribution is 2.35. The second kappa shape index (κ2) is 10.0. The summed E-state index contributed by atoms with van der Waals surface area (Å²) in [6.07, 6.45) is 5.30. The Morgan fingerprint density at radius 2 is 1.91 bits per heavy atom. The summed E-state index contributed by atoms with van der Waals surface area (Å²) < 4.78 is 7.09. The van der Waals surface area contributed by atoms with E-state index in [1.807, 2.05) is 36.7 Å². The van der Waals surface area contributed by atoms with E-state index in [-0.39, 0.29) is 18.4 Å². The Morgan fingerprint density at radius 1 is 1.16 bits per heavy atom. The molecule has 0 radical (unpaired) electrons. The highest BCUT2D eigenvalue weighted by atomic mass is 32.1. The third-order valence-electron chi connectivity index (χ3n) is 5.47. The van der Waals surface area contributed by atoms with E-state index in [1.165, 1.54) is 21.0 Å². The van der Waals surface area contributed by atoms with E-state index in [4.69, 9.17) is 4.74 Å². The molecule has 7 nitrogen and oxygen atoms in total. The van der Waals surface area contributed by atoms with Gasteiger partial charge < -0.3 is 24.8 Å². The molecule has 168 valence electrons. The SMILES string of the molecule is CCOC(=O)Cc1ccc(NC(=O)NCc2c(-n3cccc3)sc3c2CCN(C)C3)cc1. The number of hydrogen-bond acceptors (Lipinski definition) is 5. The van der Waals surface area contributed by atoms with Crippen molar-refractivity contribution in [3.05, 3.63) is 70.4 Å². The summed E-state index contributed by atoms with van der Waals surface area (Å²) in [6.45, 7) is 4.59. The first-order valence-electron chi connectivity index (χ1n) is 10.8. The van der Waals surface area contributed by atoms with Gasteiger partial charge in [0.05, 0.1) is 13.0 Å². The molecular formula is C24H28N4O3S. The molecule has 0 saturated carbocycles. The lowest BCUT2D eigenvalue weighted by Crippen LogP contribution is -2.30. The van der Waals surface area contributed by atoms with Crippen molar-refractivity contribution in [3.63, 3.8) is 0 Å². The van der Waals surface area contributed by atoms with Gasteiger partial charge in [0, 0.05) is 48.2 Å². The monoisotopic (exact) mass is 452 g/mol. The molecule has 0 atom stereocenters. The Hall–Kier alpha value is -3.10. The van der Waals surface area contributed by atoms with Crippen LogP contribution in [0.15, 0.2) is 48.8 Å². The number of amides is 2. The fraction of sp³-hybridized carbons (Fsp3) is 0.333. The molecule has 3 heterocycles. The molecule has 1 aliphatic heterocycles. The highest BCUT2D eigenvalue weighted by Gasteiger charge is 2.23. The number of anilines is 1. The molecule has 8 heteroatoms. The fourth-order valence-electron chi connectivity index (χ4n) is 3.87. The molecule has 1 aliphatic rings. The standard InChI is InChI=1S/C24H28N4O3S/c1-3-31-22(29)14-17-6-8-18(9-7-17)26-24(30)25-15-20-19-10-13-27(2)16-21(19)32-23(20)28-11-4-5-12-28/h4-9,11-12H,3,10,13-16H2,1-2H3,(H2,25,26,30). The summed E-state index contributed by atoms with van der Waals surface area (Å²) in [5.41, 5.74) is 4.07. The van der Waals surface area contributed by atoms with Gasteiger partial charge in [0.1, 0.15) is 5.00 Å². The van der Waals surface area contributed by atoms with Gasteiger partial charge in [0.2, 0.25) is 0 Å². The number of fused-ring (bicyclic) bond motifs is 1. The minimum Gasteiger partial charge on any atom is -0.466 e. The maximum atomic E-state index is 12.6. The van der Waals surface area contributed by atoms with Gasteiger partial charge in [-0.1, -0.05) is 12.1 Å². The van der Waals surface area contributed by atoms with E-state index in [9.17, 15) is 9.59 Å². The van der Waals surface area contributed by atoms with E-state index < -0.39 is 0 Å². The van der Waals surface area contributed by atoms with Crippen LogP contribution in [0.1, 0.15) is 28.5 Å². The Morgan fingerprint density at radius 3 is 2.62 bits per heavy atom.